The number of amides is 1. The average molecular weight is 837 g/mol. The zero-order valence-electron chi connectivity index (χ0n) is 37.2. The van der Waals surface area contributed by atoms with Gasteiger partial charge in [-0.25, -0.2) is 9.78 Å². The third-order valence-corrected chi connectivity index (χ3v) is 16.5. The lowest BCUT2D eigenvalue weighted by atomic mass is 9.84. The fourth-order valence-corrected chi connectivity index (χ4v) is 9.26. The van der Waals surface area contributed by atoms with Crippen LogP contribution < -0.4 is 15.1 Å². The Morgan fingerprint density at radius 3 is 2.30 bits per heavy atom. The van der Waals surface area contributed by atoms with E-state index in [2.05, 4.69) is 78.9 Å². The summed E-state index contributed by atoms with van der Waals surface area (Å²) in [6.45, 7) is 24.0. The zero-order chi connectivity index (χ0) is 43.4. The number of ether oxygens (including phenoxy) is 2. The number of carbonyl (C=O) groups is 3. The predicted octanol–water partition coefficient (Wildman–Crippen LogP) is 8.75. The average Bonchev–Trinajstić information content (AvgIpc) is 3.17. The molecule has 0 unspecified atom stereocenters. The van der Waals surface area contributed by atoms with E-state index in [9.17, 15) is 14.4 Å². The molecule has 0 bridgehead atoms. The standard InChI is InChI=1S/C47H64N6O6Si/c1-32-29-53(30-36(26-42(55)58-46(2,3)4)44(32)59-60(9,10)47(5,6)7)40-18-19-48-28-35(40)25-41(54)43-39(50-45(56)57-31-33-14-12-11-13-15-33)24-34-16-17-37(27-38(34)49-43)52-22-20-51(8)21-23-52/h11-19,24,27-28,32,36,44H,20-23,25-26,29-31H2,1-10H3,(H,50,56)/t32-,36+,44+/m0/s1. The van der Waals surface area contributed by atoms with Crippen LogP contribution in [0.2, 0.25) is 18.1 Å². The van der Waals surface area contributed by atoms with Crippen LogP contribution in [0, 0.1) is 11.8 Å². The number of ketones is 1. The molecule has 2 aromatic heterocycles. The summed E-state index contributed by atoms with van der Waals surface area (Å²) >= 11 is 0. The SMILES string of the molecule is C[C@H]1CN(c2ccncc2CC(=O)c2nc3cc(N4CCN(C)CC4)ccc3cc2NC(=O)OCc2ccccc2)C[C@@H](CC(=O)OC(C)(C)C)[C@@H]1O[Si](C)(C)C(C)(C)C. The monoisotopic (exact) mass is 836 g/mol. The maximum absolute atomic E-state index is 14.6. The molecule has 1 N–H and O–H groups in total. The van der Waals surface area contributed by atoms with E-state index in [4.69, 9.17) is 18.9 Å². The quantitative estimate of drug-likeness (QED) is 0.0837. The maximum atomic E-state index is 14.6. The molecule has 3 atom stereocenters. The number of nitrogens with zero attached hydrogens (tertiary/aromatic N) is 5. The van der Waals surface area contributed by atoms with Crippen LogP contribution in [0.5, 0.6) is 0 Å². The van der Waals surface area contributed by atoms with Gasteiger partial charge in [-0.1, -0.05) is 64.1 Å². The molecule has 13 heteroatoms. The second-order valence-electron chi connectivity index (χ2n) is 19.1. The highest BCUT2D eigenvalue weighted by Gasteiger charge is 2.45. The molecule has 60 heavy (non-hydrogen) atoms. The molecule has 4 heterocycles. The summed E-state index contributed by atoms with van der Waals surface area (Å²) in [5.74, 6) is -0.602. The Hall–Kier alpha value is -4.85. The number of nitrogens with one attached hydrogen (secondary N) is 1. The number of hydrogen-bond donors (Lipinski definition) is 1. The van der Waals surface area contributed by atoms with E-state index in [0.717, 1.165) is 54.1 Å². The van der Waals surface area contributed by atoms with E-state index < -0.39 is 20.0 Å². The molecular formula is C47H64N6O6Si. The van der Waals surface area contributed by atoms with Crippen molar-refractivity contribution in [3.63, 3.8) is 0 Å². The van der Waals surface area contributed by atoms with Gasteiger partial charge in [-0.05, 0) is 81.7 Å². The number of hydrogen-bond acceptors (Lipinski definition) is 11. The lowest BCUT2D eigenvalue weighted by Gasteiger charge is -2.48. The van der Waals surface area contributed by atoms with Crippen LogP contribution in [0.1, 0.15) is 76.5 Å². The van der Waals surface area contributed by atoms with Crippen LogP contribution >= 0.6 is 0 Å². The minimum absolute atomic E-state index is 0.00572. The Labute approximate surface area is 357 Å². The largest absolute Gasteiger partial charge is 0.460 e. The van der Waals surface area contributed by atoms with Crippen LogP contribution in [0.25, 0.3) is 10.9 Å². The summed E-state index contributed by atoms with van der Waals surface area (Å²) in [6.07, 6.45) is 2.83. The summed E-state index contributed by atoms with van der Waals surface area (Å²) in [5.41, 5.74) is 3.93. The van der Waals surface area contributed by atoms with Gasteiger partial charge in [0.2, 0.25) is 0 Å². The van der Waals surface area contributed by atoms with Gasteiger partial charge in [-0.3, -0.25) is 19.9 Å². The molecule has 12 nitrogen and oxygen atoms in total. The van der Waals surface area contributed by atoms with Crippen molar-refractivity contribution in [2.75, 3.05) is 61.4 Å². The van der Waals surface area contributed by atoms with E-state index in [1.54, 1.807) is 18.5 Å². The van der Waals surface area contributed by atoms with Gasteiger partial charge < -0.3 is 28.6 Å². The Balaban J connectivity index is 1.30. The molecular weight excluding hydrogens is 773 g/mol. The highest BCUT2D eigenvalue weighted by atomic mass is 28.4. The zero-order valence-corrected chi connectivity index (χ0v) is 38.2. The third kappa shape index (κ3) is 11.3. The molecule has 322 valence electrons. The van der Waals surface area contributed by atoms with Crippen LogP contribution in [0.3, 0.4) is 0 Å². The number of likely N-dealkylation sites (N-methyl/N-ethyl adjacent to an activating group) is 1. The van der Waals surface area contributed by atoms with Crippen molar-refractivity contribution in [2.45, 2.75) is 97.8 Å². The van der Waals surface area contributed by atoms with Crippen LogP contribution in [0.4, 0.5) is 21.9 Å². The van der Waals surface area contributed by atoms with Crippen molar-refractivity contribution in [1.82, 2.24) is 14.9 Å². The highest BCUT2D eigenvalue weighted by molar-refractivity contribution is 6.74. The predicted molar refractivity (Wildman–Crippen MR) is 241 cm³/mol. The number of piperazine rings is 1. The Morgan fingerprint density at radius 1 is 0.900 bits per heavy atom. The van der Waals surface area contributed by atoms with Crippen molar-refractivity contribution in [3.05, 3.63) is 89.9 Å². The molecule has 0 aliphatic carbocycles. The number of esters is 1. The van der Waals surface area contributed by atoms with Gasteiger partial charge in [0.1, 0.15) is 17.9 Å². The van der Waals surface area contributed by atoms with E-state index >= 15 is 0 Å². The molecule has 0 saturated carbocycles. The molecule has 4 aromatic rings. The van der Waals surface area contributed by atoms with Crippen LogP contribution in [0.15, 0.2) is 73.1 Å². The first-order valence-corrected chi connectivity index (χ1v) is 24.1. The number of benzene rings is 2. The first kappa shape index (κ1) is 44.7. The third-order valence-electron chi connectivity index (χ3n) is 12.0. The molecule has 0 spiro atoms. The smallest absolute Gasteiger partial charge is 0.412 e. The van der Waals surface area contributed by atoms with Gasteiger partial charge >= 0.3 is 12.1 Å². The van der Waals surface area contributed by atoms with Crippen molar-refractivity contribution in [3.8, 4) is 0 Å². The van der Waals surface area contributed by atoms with Crippen LogP contribution in [-0.4, -0.2) is 99.1 Å². The fraction of sp³-hybridized carbons (Fsp3) is 0.511. The van der Waals surface area contributed by atoms with Gasteiger partial charge in [0.25, 0.3) is 0 Å². The number of carbonyl (C=O) groups excluding carboxylic acids is 3. The molecule has 2 aliphatic heterocycles. The topological polar surface area (TPSA) is 126 Å². The fourth-order valence-electron chi connectivity index (χ4n) is 7.80. The summed E-state index contributed by atoms with van der Waals surface area (Å²) < 4.78 is 18.5. The number of fused-ring (bicyclic) bond motifs is 1. The summed E-state index contributed by atoms with van der Waals surface area (Å²) in [5, 5.41) is 3.62. The minimum atomic E-state index is -2.20. The molecule has 2 aromatic carbocycles. The number of anilines is 3. The molecule has 0 radical (unpaired) electrons. The first-order chi connectivity index (χ1) is 28.3. The van der Waals surface area contributed by atoms with Crippen molar-refractivity contribution in [1.29, 1.82) is 0 Å². The Kier molecular flexibility index (Phi) is 13.7. The van der Waals surface area contributed by atoms with E-state index in [-0.39, 0.29) is 65.6 Å². The maximum Gasteiger partial charge on any atom is 0.412 e. The van der Waals surface area contributed by atoms with Gasteiger partial charge in [0, 0.05) is 86.3 Å². The molecule has 6 rings (SSSR count). The normalized spacial score (nSPS) is 19.3. The van der Waals surface area contributed by atoms with Gasteiger partial charge in [0.05, 0.1) is 23.7 Å². The van der Waals surface area contributed by atoms with E-state index in [0.29, 0.717) is 18.6 Å². The van der Waals surface area contributed by atoms with Gasteiger partial charge in [0.15, 0.2) is 14.1 Å². The highest BCUT2D eigenvalue weighted by Crippen LogP contribution is 2.42. The van der Waals surface area contributed by atoms with Gasteiger partial charge in [-0.15, -0.1) is 0 Å². The molecule has 2 saturated heterocycles. The summed E-state index contributed by atoms with van der Waals surface area (Å²) in [4.78, 5) is 57.6. The summed E-state index contributed by atoms with van der Waals surface area (Å²) in [6, 6.07) is 19.2. The lowest BCUT2D eigenvalue weighted by Crippen LogP contribution is -2.55. The molecule has 2 aliphatic rings. The Bertz CT molecular complexity index is 2140. The minimum Gasteiger partial charge on any atom is -0.460 e. The molecule has 1 amide bonds. The summed E-state index contributed by atoms with van der Waals surface area (Å²) in [7, 11) is -0.0723. The van der Waals surface area contributed by atoms with Crippen LogP contribution in [-0.2, 0) is 31.7 Å². The van der Waals surface area contributed by atoms with E-state index in [1.807, 2.05) is 69.3 Å². The molecule has 2 fully saturated rings. The second-order valence-corrected chi connectivity index (χ2v) is 23.9. The van der Waals surface area contributed by atoms with E-state index in [1.165, 1.54) is 0 Å². The van der Waals surface area contributed by atoms with Crippen molar-refractivity contribution < 1.29 is 28.3 Å². The number of rotatable bonds is 12. The van der Waals surface area contributed by atoms with Crippen molar-refractivity contribution in [2.24, 2.45) is 11.8 Å². The lowest BCUT2D eigenvalue weighted by molar-refractivity contribution is -0.157. The first-order valence-electron chi connectivity index (χ1n) is 21.2. The second kappa shape index (κ2) is 18.4. The number of piperidine rings is 1. The van der Waals surface area contributed by atoms with Gasteiger partial charge in [-0.2, -0.15) is 0 Å². The van der Waals surface area contributed by atoms with Crippen molar-refractivity contribution >= 4 is 54.1 Å². The number of Topliss-reactive ketones (excluding diaryl/α,β-unsaturated/α-hetero) is 1. The number of aromatic nitrogens is 2. The number of pyridine rings is 2. The Morgan fingerprint density at radius 2 is 1.62 bits per heavy atom.